The maximum absolute atomic E-state index is 13.1. The lowest BCUT2D eigenvalue weighted by molar-refractivity contribution is -0.128. The molecule has 3 nitrogen and oxygen atoms in total. The minimum absolute atomic E-state index is 0.195. The average Bonchev–Trinajstić information content (AvgIpc) is 3.00. The van der Waals surface area contributed by atoms with E-state index in [-0.39, 0.29) is 16.7 Å². The van der Waals surface area contributed by atoms with Crippen LogP contribution in [-0.2, 0) is 4.79 Å². The highest BCUT2D eigenvalue weighted by molar-refractivity contribution is 5.87. The zero-order chi connectivity index (χ0) is 22.2. The molecule has 168 valence electrons. The number of ketones is 1. The van der Waals surface area contributed by atoms with E-state index in [1.54, 1.807) is 0 Å². The lowest BCUT2D eigenvalue weighted by Crippen LogP contribution is -2.50. The number of nitrogens with zero attached hydrogens (tertiary/aromatic N) is 1. The van der Waals surface area contributed by atoms with Crippen LogP contribution >= 0.6 is 0 Å². The maximum atomic E-state index is 13.1. The van der Waals surface area contributed by atoms with Crippen molar-refractivity contribution < 1.29 is 9.90 Å². The molecule has 1 N–H and O–H groups in total. The molecule has 1 aromatic rings. The Morgan fingerprint density at radius 3 is 2.39 bits per heavy atom. The second-order valence-corrected chi connectivity index (χ2v) is 12.2. The van der Waals surface area contributed by atoms with E-state index >= 15 is 0 Å². The smallest absolute Gasteiger partial charge is 0.139 e. The summed E-state index contributed by atoms with van der Waals surface area (Å²) in [6.45, 7) is 6.87. The summed E-state index contributed by atoms with van der Waals surface area (Å²) in [4.78, 5) is 15.2. The molecule has 0 bridgehead atoms. The first-order valence-electron chi connectivity index (χ1n) is 12.3. The molecule has 4 aliphatic carbocycles. The van der Waals surface area contributed by atoms with Crippen molar-refractivity contribution in [3.8, 4) is 0 Å². The molecule has 0 spiro atoms. The number of fused-ring (bicyclic) bond motifs is 4. The number of hydrogen-bond acceptors (Lipinski definition) is 3. The standard InChI is InChI=1S/C28H39NO2/c1-26(2)14-13-23-25-20(12-15-28(23,31)17-26)22-10-11-24(30)27(22,3)16-21(25)18-6-8-19(9-7-18)29(4)5/h6-9,20-22,31H,10-17H2,1-5H3/t20?,21-,22?,27+,28-/m1/s1. The number of hydrogen-bond donors (Lipinski definition) is 1. The summed E-state index contributed by atoms with van der Waals surface area (Å²) in [6, 6.07) is 8.96. The molecule has 5 atom stereocenters. The van der Waals surface area contributed by atoms with Crippen LogP contribution in [0, 0.1) is 22.7 Å². The molecule has 0 aliphatic heterocycles. The number of aliphatic hydroxyl groups is 1. The quantitative estimate of drug-likeness (QED) is 0.607. The average molecular weight is 422 g/mol. The normalized spacial score (nSPS) is 39.0. The van der Waals surface area contributed by atoms with Crippen LogP contribution in [0.1, 0.15) is 83.6 Å². The van der Waals surface area contributed by atoms with Gasteiger partial charge in [-0.05, 0) is 85.5 Å². The molecule has 1 aromatic carbocycles. The number of allylic oxidation sites excluding steroid dienone is 1. The van der Waals surface area contributed by atoms with Crippen molar-refractivity contribution in [3.05, 3.63) is 41.0 Å². The van der Waals surface area contributed by atoms with Gasteiger partial charge >= 0.3 is 0 Å². The Morgan fingerprint density at radius 1 is 1.00 bits per heavy atom. The number of carbonyl (C=O) groups is 1. The van der Waals surface area contributed by atoms with E-state index in [0.717, 1.165) is 51.4 Å². The van der Waals surface area contributed by atoms with Crippen LogP contribution < -0.4 is 4.90 Å². The number of benzene rings is 1. The number of rotatable bonds is 2. The highest BCUT2D eigenvalue weighted by Crippen LogP contribution is 2.64. The van der Waals surface area contributed by atoms with Gasteiger partial charge in [0.25, 0.3) is 0 Å². The van der Waals surface area contributed by atoms with Crippen molar-refractivity contribution in [2.24, 2.45) is 22.7 Å². The van der Waals surface area contributed by atoms with Crippen LogP contribution in [0.5, 0.6) is 0 Å². The molecule has 3 fully saturated rings. The monoisotopic (exact) mass is 421 g/mol. The van der Waals surface area contributed by atoms with Gasteiger partial charge in [0.2, 0.25) is 0 Å². The predicted molar refractivity (Wildman–Crippen MR) is 126 cm³/mol. The zero-order valence-corrected chi connectivity index (χ0v) is 20.0. The van der Waals surface area contributed by atoms with E-state index in [4.69, 9.17) is 0 Å². The van der Waals surface area contributed by atoms with Gasteiger partial charge in [-0.1, -0.05) is 38.5 Å². The van der Waals surface area contributed by atoms with Crippen LogP contribution in [0.25, 0.3) is 0 Å². The van der Waals surface area contributed by atoms with Crippen molar-refractivity contribution in [3.63, 3.8) is 0 Å². The Bertz CT molecular complexity index is 927. The van der Waals surface area contributed by atoms with Gasteiger partial charge in [0.1, 0.15) is 5.78 Å². The second kappa shape index (κ2) is 6.94. The molecule has 0 aromatic heterocycles. The van der Waals surface area contributed by atoms with Gasteiger partial charge in [-0.25, -0.2) is 0 Å². The van der Waals surface area contributed by atoms with Gasteiger partial charge in [-0.3, -0.25) is 4.79 Å². The van der Waals surface area contributed by atoms with Crippen LogP contribution in [0.4, 0.5) is 5.69 Å². The summed E-state index contributed by atoms with van der Waals surface area (Å²) in [5, 5.41) is 11.9. The van der Waals surface area contributed by atoms with E-state index in [2.05, 4.69) is 64.0 Å². The molecular weight excluding hydrogens is 382 g/mol. The Balaban J connectivity index is 1.65. The number of carbonyl (C=O) groups excluding carboxylic acids is 1. The summed E-state index contributed by atoms with van der Waals surface area (Å²) < 4.78 is 0. The van der Waals surface area contributed by atoms with Gasteiger partial charge in [0.15, 0.2) is 0 Å². The van der Waals surface area contributed by atoms with Gasteiger partial charge in [-0.2, -0.15) is 0 Å². The van der Waals surface area contributed by atoms with Gasteiger partial charge in [0.05, 0.1) is 5.60 Å². The Morgan fingerprint density at radius 2 is 1.71 bits per heavy atom. The molecule has 2 unspecified atom stereocenters. The van der Waals surface area contributed by atoms with Crippen LogP contribution in [0.2, 0.25) is 0 Å². The Labute approximate surface area is 187 Å². The molecule has 0 radical (unpaired) electrons. The van der Waals surface area contributed by atoms with Crippen LogP contribution in [0.3, 0.4) is 0 Å². The van der Waals surface area contributed by atoms with E-state index in [1.165, 1.54) is 22.4 Å². The zero-order valence-electron chi connectivity index (χ0n) is 20.0. The molecule has 3 saturated carbocycles. The van der Waals surface area contributed by atoms with Crippen LogP contribution in [-0.4, -0.2) is 30.6 Å². The first-order valence-corrected chi connectivity index (χ1v) is 12.3. The summed E-state index contributed by atoms with van der Waals surface area (Å²) in [7, 11) is 4.15. The third-order valence-electron chi connectivity index (χ3n) is 9.44. The van der Waals surface area contributed by atoms with Crippen LogP contribution in [0.15, 0.2) is 35.4 Å². The fourth-order valence-electron chi connectivity index (χ4n) is 7.84. The third-order valence-corrected chi connectivity index (χ3v) is 9.44. The minimum atomic E-state index is -0.647. The van der Waals surface area contributed by atoms with Crippen molar-refractivity contribution >= 4 is 11.5 Å². The molecule has 4 aliphatic rings. The third kappa shape index (κ3) is 3.22. The largest absolute Gasteiger partial charge is 0.385 e. The van der Waals surface area contributed by atoms with Gasteiger partial charge < -0.3 is 10.0 Å². The van der Waals surface area contributed by atoms with E-state index in [1.807, 2.05) is 0 Å². The summed E-state index contributed by atoms with van der Waals surface area (Å²) in [6.07, 6.45) is 7.62. The van der Waals surface area contributed by atoms with Crippen molar-refractivity contribution in [1.82, 2.24) is 0 Å². The maximum Gasteiger partial charge on any atom is 0.139 e. The van der Waals surface area contributed by atoms with Gasteiger partial charge in [0, 0.05) is 37.5 Å². The van der Waals surface area contributed by atoms with Crippen molar-refractivity contribution in [2.45, 2.75) is 83.7 Å². The van der Waals surface area contributed by atoms with E-state index < -0.39 is 5.60 Å². The van der Waals surface area contributed by atoms with Crippen molar-refractivity contribution in [1.29, 1.82) is 0 Å². The number of anilines is 1. The van der Waals surface area contributed by atoms with E-state index in [9.17, 15) is 9.90 Å². The van der Waals surface area contributed by atoms with E-state index in [0.29, 0.717) is 17.6 Å². The molecule has 0 heterocycles. The van der Waals surface area contributed by atoms with Crippen molar-refractivity contribution in [2.75, 3.05) is 19.0 Å². The first-order chi connectivity index (χ1) is 14.5. The fraction of sp³-hybridized carbons (Fsp3) is 0.679. The second-order valence-electron chi connectivity index (χ2n) is 12.2. The Hall–Kier alpha value is -1.61. The molecule has 31 heavy (non-hydrogen) atoms. The molecular formula is C28H39NO2. The molecule has 0 amide bonds. The summed E-state index contributed by atoms with van der Waals surface area (Å²) in [5.74, 6) is 1.65. The minimum Gasteiger partial charge on any atom is -0.385 e. The summed E-state index contributed by atoms with van der Waals surface area (Å²) in [5.41, 5.74) is 4.75. The SMILES string of the molecule is CN(C)c1ccc([C@H]2C[C@]3(C)C(=O)CCC3C3CC[C@@]4(O)CC(C)(C)CCC4=C32)cc1. The topological polar surface area (TPSA) is 40.5 Å². The number of Topliss-reactive ketones (excluding diaryl/α,β-unsaturated/α-hetero) is 1. The lowest BCUT2D eigenvalue weighted by atomic mass is 9.50. The molecule has 5 rings (SSSR count). The first kappa shape index (κ1) is 21.2. The molecule has 0 saturated heterocycles. The summed E-state index contributed by atoms with van der Waals surface area (Å²) >= 11 is 0. The lowest BCUT2D eigenvalue weighted by Gasteiger charge is -2.55. The highest BCUT2D eigenvalue weighted by atomic mass is 16.3. The predicted octanol–water partition coefficient (Wildman–Crippen LogP) is 5.87. The molecule has 3 heteroatoms. The fourth-order valence-corrected chi connectivity index (χ4v) is 7.84. The highest BCUT2D eigenvalue weighted by Gasteiger charge is 2.59. The Kier molecular flexibility index (Phi) is 4.76. The van der Waals surface area contributed by atoms with Gasteiger partial charge in [-0.15, -0.1) is 0 Å².